The summed E-state index contributed by atoms with van der Waals surface area (Å²) >= 11 is 0. The van der Waals surface area contributed by atoms with Crippen LogP contribution in [0, 0.1) is 29.0 Å². The van der Waals surface area contributed by atoms with Crippen molar-refractivity contribution >= 4 is 17.4 Å². The van der Waals surface area contributed by atoms with Gasteiger partial charge in [-0.05, 0) is 62.3 Å². The summed E-state index contributed by atoms with van der Waals surface area (Å²) < 4.78 is 20.8. The van der Waals surface area contributed by atoms with Crippen molar-refractivity contribution in [2.24, 2.45) is 17.6 Å². The lowest BCUT2D eigenvalue weighted by Gasteiger charge is -2.32. The van der Waals surface area contributed by atoms with Gasteiger partial charge >= 0.3 is 0 Å². The van der Waals surface area contributed by atoms with E-state index < -0.39 is 5.91 Å². The van der Waals surface area contributed by atoms with Crippen LogP contribution < -0.4 is 11.1 Å². The van der Waals surface area contributed by atoms with Crippen molar-refractivity contribution in [3.05, 3.63) is 41.8 Å². The Kier molecular flexibility index (Phi) is 5.49. The minimum Gasteiger partial charge on any atom is -0.378 e. The lowest BCUT2D eigenvalue weighted by Crippen LogP contribution is -2.31. The maximum atomic E-state index is 13.1. The van der Waals surface area contributed by atoms with Gasteiger partial charge in [0, 0.05) is 18.5 Å². The molecule has 7 nitrogen and oxygen atoms in total. The number of aromatic nitrogens is 2. The first kappa shape index (κ1) is 19.4. The van der Waals surface area contributed by atoms with E-state index in [1.165, 1.54) is 25.0 Å². The number of primary amides is 1. The van der Waals surface area contributed by atoms with E-state index in [9.17, 15) is 14.4 Å². The zero-order valence-electron chi connectivity index (χ0n) is 16.1. The van der Waals surface area contributed by atoms with Gasteiger partial charge in [-0.25, -0.2) is 4.39 Å². The molecule has 0 radical (unpaired) electrons. The van der Waals surface area contributed by atoms with Crippen LogP contribution in [0.5, 0.6) is 0 Å². The van der Waals surface area contributed by atoms with Crippen molar-refractivity contribution in [1.82, 2.24) is 9.78 Å². The molecule has 2 aliphatic carbocycles. The smallest absolute Gasteiger partial charge is 0.254 e. The molecule has 0 unspecified atom stereocenters. The molecule has 2 fully saturated rings. The van der Waals surface area contributed by atoms with E-state index in [0.717, 1.165) is 19.4 Å². The van der Waals surface area contributed by atoms with Crippen molar-refractivity contribution in [1.29, 1.82) is 5.26 Å². The summed E-state index contributed by atoms with van der Waals surface area (Å²) in [6, 6.07) is 7.98. The molecule has 2 aliphatic rings. The number of amides is 1. The number of hydrogen-bond acceptors (Lipinski definition) is 5. The van der Waals surface area contributed by atoms with Gasteiger partial charge < -0.3 is 15.8 Å². The molecule has 0 bridgehead atoms. The standard InChI is InChI=1S/C21H24FN5O2/c22-15-3-5-16(6-4-15)25-21-18(20(24)28)11-27(26-21)19-8-7-17(9-14(19)10-23)29-12-13-1-2-13/h3-6,11,13-14,17,19H,1-2,7-9,12H2,(H2,24,28)(H,25,26)/t14-,17+,19-/m1/s1. The highest BCUT2D eigenvalue weighted by Gasteiger charge is 2.34. The van der Waals surface area contributed by atoms with Gasteiger partial charge in [0.1, 0.15) is 11.4 Å². The Bertz CT molecular complexity index is 916. The Hall–Kier alpha value is -2.92. The van der Waals surface area contributed by atoms with Gasteiger partial charge in [-0.2, -0.15) is 10.4 Å². The first-order chi connectivity index (χ1) is 14.0. The molecule has 2 saturated carbocycles. The van der Waals surface area contributed by atoms with Crippen LogP contribution in [0.4, 0.5) is 15.9 Å². The van der Waals surface area contributed by atoms with Crippen LogP contribution in [-0.4, -0.2) is 28.4 Å². The molecule has 0 saturated heterocycles. The van der Waals surface area contributed by atoms with Gasteiger partial charge in [0.25, 0.3) is 5.91 Å². The highest BCUT2D eigenvalue weighted by Crippen LogP contribution is 2.37. The van der Waals surface area contributed by atoms with E-state index in [1.807, 2.05) is 0 Å². The molecule has 4 rings (SSSR count). The predicted molar refractivity (Wildman–Crippen MR) is 105 cm³/mol. The Morgan fingerprint density at radius 3 is 2.72 bits per heavy atom. The molecule has 152 valence electrons. The molecular weight excluding hydrogens is 373 g/mol. The molecule has 1 amide bonds. The number of halogens is 1. The van der Waals surface area contributed by atoms with Crippen LogP contribution in [0.1, 0.15) is 48.5 Å². The Morgan fingerprint density at radius 2 is 2.07 bits per heavy atom. The molecular formula is C21H24FN5O2. The minimum atomic E-state index is -0.615. The topological polar surface area (TPSA) is 106 Å². The third-order valence-corrected chi connectivity index (χ3v) is 5.64. The maximum Gasteiger partial charge on any atom is 0.254 e. The van der Waals surface area contributed by atoms with Gasteiger partial charge in [0.05, 0.1) is 24.1 Å². The fraction of sp³-hybridized carbons (Fsp3) is 0.476. The molecule has 3 N–H and O–H groups in total. The molecule has 1 aromatic heterocycles. The average molecular weight is 397 g/mol. The molecule has 3 atom stereocenters. The van der Waals surface area contributed by atoms with Crippen LogP contribution in [-0.2, 0) is 4.74 Å². The second-order valence-corrected chi connectivity index (χ2v) is 7.88. The number of nitriles is 1. The largest absolute Gasteiger partial charge is 0.378 e. The van der Waals surface area contributed by atoms with Gasteiger partial charge in [0.2, 0.25) is 0 Å². The minimum absolute atomic E-state index is 0.0967. The zero-order chi connectivity index (χ0) is 20.4. The van der Waals surface area contributed by atoms with E-state index >= 15 is 0 Å². The molecule has 1 heterocycles. The number of ether oxygens (including phenoxy) is 1. The summed E-state index contributed by atoms with van der Waals surface area (Å²) in [7, 11) is 0. The number of hydrogen-bond donors (Lipinski definition) is 2. The van der Waals surface area contributed by atoms with Crippen molar-refractivity contribution < 1.29 is 13.9 Å². The normalized spacial score (nSPS) is 24.1. The van der Waals surface area contributed by atoms with Crippen molar-refractivity contribution in [2.75, 3.05) is 11.9 Å². The summed E-state index contributed by atoms with van der Waals surface area (Å²) in [6.45, 7) is 0.785. The number of carbonyl (C=O) groups is 1. The van der Waals surface area contributed by atoms with Gasteiger partial charge in [-0.15, -0.1) is 0 Å². The zero-order valence-corrected chi connectivity index (χ0v) is 16.1. The number of anilines is 2. The Labute approximate surface area is 168 Å². The van der Waals surface area contributed by atoms with E-state index in [1.54, 1.807) is 23.0 Å². The van der Waals surface area contributed by atoms with Crippen molar-refractivity contribution in [2.45, 2.75) is 44.2 Å². The summed E-state index contributed by atoms with van der Waals surface area (Å²) in [6.07, 6.45) is 6.41. The first-order valence-corrected chi connectivity index (χ1v) is 9.96. The van der Waals surface area contributed by atoms with Gasteiger partial charge in [-0.3, -0.25) is 9.48 Å². The fourth-order valence-electron chi connectivity index (χ4n) is 3.78. The average Bonchev–Trinajstić information content (AvgIpc) is 3.46. The first-order valence-electron chi connectivity index (χ1n) is 9.96. The number of nitrogens with zero attached hydrogens (tertiary/aromatic N) is 3. The van der Waals surface area contributed by atoms with Crippen LogP contribution in [0.3, 0.4) is 0 Å². The highest BCUT2D eigenvalue weighted by molar-refractivity contribution is 5.98. The number of nitrogens with one attached hydrogen (secondary N) is 1. The summed E-state index contributed by atoms with van der Waals surface area (Å²) in [5, 5.41) is 17.2. The van der Waals surface area contributed by atoms with E-state index in [0.29, 0.717) is 23.8 Å². The van der Waals surface area contributed by atoms with E-state index in [2.05, 4.69) is 16.5 Å². The molecule has 0 aliphatic heterocycles. The molecule has 2 aromatic rings. The van der Waals surface area contributed by atoms with Crippen LogP contribution >= 0.6 is 0 Å². The fourth-order valence-corrected chi connectivity index (χ4v) is 3.78. The van der Waals surface area contributed by atoms with Gasteiger partial charge in [-0.1, -0.05) is 0 Å². The second kappa shape index (κ2) is 8.21. The van der Waals surface area contributed by atoms with E-state index in [4.69, 9.17) is 10.5 Å². The SMILES string of the molecule is N#C[C@H]1C[C@@H](OCC2CC2)CC[C@H]1n1cc(C(N)=O)c(Nc2ccc(F)cc2)n1. The highest BCUT2D eigenvalue weighted by atomic mass is 19.1. The summed E-state index contributed by atoms with van der Waals surface area (Å²) in [5.74, 6) is -0.234. The predicted octanol–water partition coefficient (Wildman–Crippen LogP) is 3.52. The third kappa shape index (κ3) is 4.57. The molecule has 8 heteroatoms. The lowest BCUT2D eigenvalue weighted by molar-refractivity contribution is 0.00154. The number of rotatable bonds is 7. The van der Waals surface area contributed by atoms with Crippen molar-refractivity contribution in [3.8, 4) is 6.07 Å². The third-order valence-electron chi connectivity index (χ3n) is 5.64. The number of carbonyl (C=O) groups excluding carboxylic acids is 1. The monoisotopic (exact) mass is 397 g/mol. The van der Waals surface area contributed by atoms with Gasteiger partial charge in [0.15, 0.2) is 5.82 Å². The quantitative estimate of drug-likeness (QED) is 0.743. The Morgan fingerprint density at radius 1 is 1.31 bits per heavy atom. The lowest BCUT2D eigenvalue weighted by atomic mass is 9.83. The molecule has 29 heavy (non-hydrogen) atoms. The van der Waals surface area contributed by atoms with Crippen LogP contribution in [0.25, 0.3) is 0 Å². The molecule has 1 aromatic carbocycles. The number of nitrogens with two attached hydrogens (primary N) is 1. The second-order valence-electron chi connectivity index (χ2n) is 7.88. The summed E-state index contributed by atoms with van der Waals surface area (Å²) in [5.41, 5.74) is 6.35. The van der Waals surface area contributed by atoms with Crippen LogP contribution in [0.15, 0.2) is 30.5 Å². The van der Waals surface area contributed by atoms with Crippen molar-refractivity contribution in [3.63, 3.8) is 0 Å². The molecule has 0 spiro atoms. The summed E-state index contributed by atoms with van der Waals surface area (Å²) in [4.78, 5) is 11.9. The number of benzene rings is 1. The van der Waals surface area contributed by atoms with E-state index in [-0.39, 0.29) is 29.4 Å². The van der Waals surface area contributed by atoms with Crippen LogP contribution in [0.2, 0.25) is 0 Å². The maximum absolute atomic E-state index is 13.1. The Balaban J connectivity index is 1.50.